The van der Waals surface area contributed by atoms with Crippen LogP contribution in [0.5, 0.6) is 5.88 Å². The third-order valence-corrected chi connectivity index (χ3v) is 5.43. The smallest absolute Gasteiger partial charge is 0.198 e. The fourth-order valence-corrected chi connectivity index (χ4v) is 3.77. The summed E-state index contributed by atoms with van der Waals surface area (Å²) in [6.45, 7) is 6.63. The first-order valence-electron chi connectivity index (χ1n) is 9.41. The van der Waals surface area contributed by atoms with Crippen LogP contribution in [-0.2, 0) is 0 Å². The van der Waals surface area contributed by atoms with Gasteiger partial charge in [0.05, 0.1) is 16.8 Å². The minimum Gasteiger partial charge on any atom is -0.494 e. The lowest BCUT2D eigenvalue weighted by Gasteiger charge is -2.33. The van der Waals surface area contributed by atoms with Crippen molar-refractivity contribution >= 4 is 28.5 Å². The molecule has 140 valence electrons. The molecule has 0 spiro atoms. The molecule has 0 bridgehead atoms. The van der Waals surface area contributed by atoms with Gasteiger partial charge in [0.15, 0.2) is 5.88 Å². The van der Waals surface area contributed by atoms with Crippen molar-refractivity contribution in [1.82, 2.24) is 4.98 Å². The highest BCUT2D eigenvalue weighted by Crippen LogP contribution is 2.30. The number of hydrogen-bond donors (Lipinski definition) is 2. The van der Waals surface area contributed by atoms with Crippen LogP contribution in [0.2, 0.25) is 0 Å². The summed E-state index contributed by atoms with van der Waals surface area (Å²) in [7, 11) is 0. The van der Waals surface area contributed by atoms with Crippen molar-refractivity contribution in [1.29, 1.82) is 0 Å². The van der Waals surface area contributed by atoms with Gasteiger partial charge in [0.2, 0.25) is 0 Å². The quantitative estimate of drug-likeness (QED) is 0.618. The molecular formula is C22H24FN3O. The maximum absolute atomic E-state index is 13.3. The number of halogens is 1. The number of aromatic nitrogens is 1. The van der Waals surface area contributed by atoms with E-state index in [-0.39, 0.29) is 11.7 Å². The number of fused-ring (bicyclic) bond motifs is 1. The molecule has 4 nitrogen and oxygen atoms in total. The number of aromatic hydroxyl groups is 1. The Morgan fingerprint density at radius 3 is 2.70 bits per heavy atom. The van der Waals surface area contributed by atoms with Gasteiger partial charge in [-0.05, 0) is 67.6 Å². The van der Waals surface area contributed by atoms with Crippen LogP contribution in [0.1, 0.15) is 30.9 Å². The number of piperidine rings is 1. The minimum absolute atomic E-state index is 0.00451. The molecule has 1 saturated heterocycles. The molecule has 0 radical (unpaired) electrons. The van der Waals surface area contributed by atoms with Crippen LogP contribution in [-0.4, -0.2) is 29.4 Å². The van der Waals surface area contributed by atoms with Crippen LogP contribution < -0.4 is 4.90 Å². The molecule has 27 heavy (non-hydrogen) atoms. The highest BCUT2D eigenvalue weighted by atomic mass is 19.1. The Morgan fingerprint density at radius 2 is 1.96 bits per heavy atom. The first-order valence-corrected chi connectivity index (χ1v) is 9.41. The molecule has 5 heteroatoms. The van der Waals surface area contributed by atoms with E-state index in [1.54, 1.807) is 12.3 Å². The van der Waals surface area contributed by atoms with Crippen molar-refractivity contribution in [3.63, 3.8) is 0 Å². The molecule has 2 N–H and O–H groups in total. The zero-order chi connectivity index (χ0) is 19.0. The van der Waals surface area contributed by atoms with E-state index in [0.29, 0.717) is 11.1 Å². The molecule has 0 saturated carbocycles. The highest BCUT2D eigenvalue weighted by Gasteiger charge is 2.17. The van der Waals surface area contributed by atoms with Crippen LogP contribution >= 0.6 is 0 Å². The van der Waals surface area contributed by atoms with Gasteiger partial charge in [-0.15, -0.1) is 0 Å². The maximum Gasteiger partial charge on any atom is 0.198 e. The average molecular weight is 365 g/mol. The molecule has 2 heterocycles. The van der Waals surface area contributed by atoms with Gasteiger partial charge in [-0.3, -0.25) is 4.99 Å². The van der Waals surface area contributed by atoms with Gasteiger partial charge in [-0.1, -0.05) is 6.92 Å². The molecule has 0 amide bonds. The zero-order valence-corrected chi connectivity index (χ0v) is 15.7. The summed E-state index contributed by atoms with van der Waals surface area (Å²) in [6, 6.07) is 10.6. The van der Waals surface area contributed by atoms with E-state index in [1.807, 2.05) is 6.07 Å². The Hall–Kier alpha value is -2.82. The third-order valence-electron chi connectivity index (χ3n) is 5.43. The number of H-pyrrole nitrogens is 1. The summed E-state index contributed by atoms with van der Waals surface area (Å²) >= 11 is 0. The van der Waals surface area contributed by atoms with E-state index in [1.165, 1.54) is 36.2 Å². The number of hydrogen-bond acceptors (Lipinski definition) is 3. The molecule has 0 unspecified atom stereocenters. The predicted molar refractivity (Wildman–Crippen MR) is 109 cm³/mol. The van der Waals surface area contributed by atoms with Gasteiger partial charge in [0, 0.05) is 30.4 Å². The lowest BCUT2D eigenvalue weighted by atomic mass is 9.98. The molecule has 2 aromatic carbocycles. The van der Waals surface area contributed by atoms with E-state index in [9.17, 15) is 9.50 Å². The molecule has 3 aromatic rings. The summed E-state index contributed by atoms with van der Waals surface area (Å²) in [4.78, 5) is 9.76. The second kappa shape index (κ2) is 7.06. The zero-order valence-electron chi connectivity index (χ0n) is 15.7. The molecule has 4 rings (SSSR count). The maximum atomic E-state index is 13.3. The summed E-state index contributed by atoms with van der Waals surface area (Å²) < 4.78 is 13.3. The van der Waals surface area contributed by atoms with Crippen LogP contribution in [0.4, 0.5) is 15.8 Å². The van der Waals surface area contributed by atoms with Gasteiger partial charge in [-0.2, -0.15) is 0 Å². The van der Waals surface area contributed by atoms with Crippen molar-refractivity contribution in [3.05, 3.63) is 53.3 Å². The summed E-state index contributed by atoms with van der Waals surface area (Å²) in [6.07, 6.45) is 4.10. The van der Waals surface area contributed by atoms with Crippen LogP contribution in [0, 0.1) is 18.7 Å². The predicted octanol–water partition coefficient (Wildman–Crippen LogP) is 5.31. The topological polar surface area (TPSA) is 51.6 Å². The van der Waals surface area contributed by atoms with Gasteiger partial charge in [-0.25, -0.2) is 4.39 Å². The van der Waals surface area contributed by atoms with Crippen LogP contribution in [0.25, 0.3) is 10.9 Å². The van der Waals surface area contributed by atoms with Gasteiger partial charge in [0.1, 0.15) is 5.82 Å². The molecule has 0 atom stereocenters. The Kier molecular flexibility index (Phi) is 4.60. The van der Waals surface area contributed by atoms with Gasteiger partial charge < -0.3 is 15.0 Å². The SMILES string of the molecule is Cc1cc(N=Cc2c(O)[nH]c3cc(F)ccc23)ccc1N1CCC(C)CC1. The van der Waals surface area contributed by atoms with Crippen molar-refractivity contribution in [3.8, 4) is 5.88 Å². The number of benzene rings is 2. The molecular weight excluding hydrogens is 341 g/mol. The Bertz CT molecular complexity index is 1000. The van der Waals surface area contributed by atoms with Crippen molar-refractivity contribution in [2.75, 3.05) is 18.0 Å². The Morgan fingerprint density at radius 1 is 1.19 bits per heavy atom. The normalized spacial score (nSPS) is 15.9. The summed E-state index contributed by atoms with van der Waals surface area (Å²) in [5, 5.41) is 10.9. The molecule has 1 fully saturated rings. The summed E-state index contributed by atoms with van der Waals surface area (Å²) in [5.74, 6) is 0.462. The fourth-order valence-electron chi connectivity index (χ4n) is 3.77. The standard InChI is InChI=1S/C22H24FN3O/c1-14-7-9-26(10-8-14)21-6-4-17(11-15(21)2)24-13-19-18-5-3-16(23)12-20(18)25-22(19)27/h3-6,11-14,25,27H,7-10H2,1-2H3. The number of nitrogens with one attached hydrogen (secondary N) is 1. The minimum atomic E-state index is -0.342. The van der Waals surface area contributed by atoms with Gasteiger partial charge >= 0.3 is 0 Å². The first kappa shape index (κ1) is 17.6. The van der Waals surface area contributed by atoms with E-state index in [4.69, 9.17) is 0 Å². The second-order valence-electron chi connectivity index (χ2n) is 7.48. The van der Waals surface area contributed by atoms with E-state index in [2.05, 4.69) is 40.9 Å². The second-order valence-corrected chi connectivity index (χ2v) is 7.48. The number of aliphatic imine (C=N–C) groups is 1. The lowest BCUT2D eigenvalue weighted by molar-refractivity contribution is 0.438. The average Bonchev–Trinajstić information content (AvgIpc) is 2.95. The van der Waals surface area contributed by atoms with Crippen molar-refractivity contribution in [2.24, 2.45) is 10.9 Å². The van der Waals surface area contributed by atoms with E-state index in [0.717, 1.165) is 30.1 Å². The Labute approximate surface area is 158 Å². The highest BCUT2D eigenvalue weighted by molar-refractivity contribution is 6.02. The number of rotatable bonds is 3. The summed E-state index contributed by atoms with van der Waals surface area (Å²) in [5.41, 5.74) is 4.42. The number of anilines is 1. The van der Waals surface area contributed by atoms with Crippen LogP contribution in [0.15, 0.2) is 41.4 Å². The molecule has 1 aliphatic heterocycles. The lowest BCUT2D eigenvalue weighted by Crippen LogP contribution is -2.33. The van der Waals surface area contributed by atoms with Gasteiger partial charge in [0.25, 0.3) is 0 Å². The number of nitrogens with zero attached hydrogens (tertiary/aromatic N) is 2. The Balaban J connectivity index is 1.58. The van der Waals surface area contributed by atoms with E-state index >= 15 is 0 Å². The molecule has 1 aliphatic rings. The molecule has 1 aromatic heterocycles. The fraction of sp³-hybridized carbons (Fsp3) is 0.318. The monoisotopic (exact) mass is 365 g/mol. The van der Waals surface area contributed by atoms with Crippen molar-refractivity contribution in [2.45, 2.75) is 26.7 Å². The number of aromatic amines is 1. The third kappa shape index (κ3) is 3.54. The first-order chi connectivity index (χ1) is 13.0. The van der Waals surface area contributed by atoms with Crippen LogP contribution in [0.3, 0.4) is 0 Å². The largest absolute Gasteiger partial charge is 0.494 e. The van der Waals surface area contributed by atoms with E-state index < -0.39 is 0 Å². The molecule has 0 aliphatic carbocycles. The number of aryl methyl sites for hydroxylation is 1. The van der Waals surface area contributed by atoms with Crippen molar-refractivity contribution < 1.29 is 9.50 Å².